The van der Waals surface area contributed by atoms with Gasteiger partial charge in [0.25, 0.3) is 21.5 Å². The molecule has 3 N–H and O–H groups in total. The van der Waals surface area contributed by atoms with Crippen LogP contribution in [0, 0.1) is 27.2 Å². The van der Waals surface area contributed by atoms with Crippen molar-refractivity contribution in [2.24, 2.45) is 0 Å². The SMILES string of the molecule is COc1ccc(C2=[N+]3C(=Cc4c(C)cc(CCC(=O)NC(CS(=O)(=O)O)C(=O)NCCOc5cc([N+](=O)[O-])c(C(C)OC(=O)Oc6ccc([N+](=O)[O-])cc6)cc5OC)n4[B-]3(F)F)C(CCC[N+](C)(C)C)=C2)cc1. The number of aromatic nitrogens is 1. The molecule has 0 aliphatic carbocycles. The van der Waals surface area contributed by atoms with Crippen molar-refractivity contribution in [3.63, 3.8) is 0 Å². The zero-order valence-corrected chi connectivity index (χ0v) is 41.8. The quantitative estimate of drug-likeness (QED) is 0.0114. The number of nitro benzene ring substituents is 2. The summed E-state index contributed by atoms with van der Waals surface area (Å²) >= 11 is 0. The van der Waals surface area contributed by atoms with Crippen molar-refractivity contribution in [3.8, 4) is 23.0 Å². The molecule has 0 saturated heterocycles. The molecule has 0 spiro atoms. The van der Waals surface area contributed by atoms with E-state index in [-0.39, 0.29) is 52.9 Å². The number of nitrogens with one attached hydrogen (secondary N) is 2. The van der Waals surface area contributed by atoms with Gasteiger partial charge in [0.15, 0.2) is 22.9 Å². The van der Waals surface area contributed by atoms with Crippen molar-refractivity contribution in [2.45, 2.75) is 51.7 Å². The highest BCUT2D eigenvalue weighted by atomic mass is 32.2. The number of allylic oxidation sites excluding steroid dienone is 2. The molecule has 2 aliphatic rings. The number of benzene rings is 3. The monoisotopic (exact) mass is 1040 g/mol. The van der Waals surface area contributed by atoms with Crippen molar-refractivity contribution in [1.82, 2.24) is 15.1 Å². The average Bonchev–Trinajstić information content (AvgIpc) is 3.86. The molecule has 6 rings (SSSR count). The minimum atomic E-state index is -4.88. The molecule has 22 nitrogen and oxygen atoms in total. The van der Waals surface area contributed by atoms with Gasteiger partial charge in [0, 0.05) is 54.0 Å². The van der Waals surface area contributed by atoms with Crippen molar-refractivity contribution in [3.05, 3.63) is 132 Å². The number of hydrogen-bond donors (Lipinski definition) is 3. The van der Waals surface area contributed by atoms with E-state index in [1.54, 1.807) is 49.4 Å². The van der Waals surface area contributed by atoms with Crippen LogP contribution in [0.3, 0.4) is 0 Å². The molecule has 3 aromatic carbocycles. The molecule has 0 saturated carbocycles. The van der Waals surface area contributed by atoms with Crippen molar-refractivity contribution < 1.29 is 78.5 Å². The maximum absolute atomic E-state index is 17.2. The molecule has 1 aromatic heterocycles. The lowest BCUT2D eigenvalue weighted by Gasteiger charge is -2.32. The Kier molecular flexibility index (Phi) is 16.7. The standard InChI is InChI=1S/C47H54BF2N7O15S/c1-29-23-34(53-39(29)26-41-32(9-8-21-57(3,4)5)24-40(54(41)48(53,49)50)31-10-15-35(68-6)16-11-31)14-19-45(58)52-38(28-73(65,66)67)46(59)51-20-22-70-44-27-42(56(63)64)37(25-43(44)69-7)30(2)71-47(60)72-36-17-12-33(13-18-36)55(61)62/h10-13,15-18,23-27,30,38H,8-9,14,19-22,28H2,1-7H3,(H2-,51,52,58,59,65,66,67)/p+1. The first kappa shape index (κ1) is 54.6. The predicted octanol–water partition coefficient (Wildman–Crippen LogP) is 5.91. The second-order valence-corrected chi connectivity index (χ2v) is 19.7. The van der Waals surface area contributed by atoms with Gasteiger partial charge in [-0.2, -0.15) is 8.42 Å². The van der Waals surface area contributed by atoms with Crippen LogP contribution >= 0.6 is 0 Å². The lowest BCUT2D eigenvalue weighted by atomic mass is 9.88. The van der Waals surface area contributed by atoms with Crippen molar-refractivity contribution in [1.29, 1.82) is 0 Å². The Morgan fingerprint density at radius 1 is 0.918 bits per heavy atom. The number of hydrogen-bond acceptors (Lipinski definition) is 14. The van der Waals surface area contributed by atoms with Gasteiger partial charge in [-0.25, -0.2) is 4.79 Å². The Labute approximate surface area is 418 Å². The number of rotatable bonds is 23. The molecule has 26 heteroatoms. The van der Waals surface area contributed by atoms with Crippen LogP contribution in [0.25, 0.3) is 6.08 Å². The van der Waals surface area contributed by atoms with E-state index >= 15 is 8.63 Å². The first-order chi connectivity index (χ1) is 34.3. The molecule has 3 heterocycles. The zero-order chi connectivity index (χ0) is 53.6. The molecule has 2 aliphatic heterocycles. The van der Waals surface area contributed by atoms with E-state index < -0.39 is 81.5 Å². The fourth-order valence-electron chi connectivity index (χ4n) is 8.39. The van der Waals surface area contributed by atoms with Crippen LogP contribution in [0.15, 0.2) is 84.1 Å². The van der Waals surface area contributed by atoms with Gasteiger partial charge in [0.2, 0.25) is 11.8 Å². The van der Waals surface area contributed by atoms with Crippen LogP contribution in [0.2, 0.25) is 0 Å². The second-order valence-electron chi connectivity index (χ2n) is 18.2. The van der Waals surface area contributed by atoms with E-state index in [0.717, 1.165) is 57.8 Å². The number of aryl methyl sites for hydroxylation is 2. The van der Waals surface area contributed by atoms with Gasteiger partial charge in [-0.15, -0.1) is 0 Å². The number of ether oxygens (including phenoxy) is 5. The Bertz CT molecular complexity index is 3010. The number of nitrogens with zero attached hydrogens (tertiary/aromatic N) is 5. The number of nitro groups is 2. The summed E-state index contributed by atoms with van der Waals surface area (Å²) in [5.74, 6) is -3.01. The minimum absolute atomic E-state index is 0.0683. The van der Waals surface area contributed by atoms with E-state index in [0.29, 0.717) is 39.2 Å². The lowest BCUT2D eigenvalue weighted by molar-refractivity contribution is -0.870. The Balaban J connectivity index is 1.11. The van der Waals surface area contributed by atoms with Gasteiger partial charge in [-0.1, -0.05) is 0 Å². The first-order valence-electron chi connectivity index (χ1n) is 22.7. The number of halogens is 2. The Morgan fingerprint density at radius 3 is 2.19 bits per heavy atom. The maximum Gasteiger partial charge on any atom is 0.737 e. The number of carbonyl (C=O) groups excluding carboxylic acids is 3. The largest absolute Gasteiger partial charge is 0.737 e. The number of amides is 2. The Hall–Kier alpha value is -7.71. The van der Waals surface area contributed by atoms with Crippen LogP contribution in [0.5, 0.6) is 23.0 Å². The number of fused-ring (bicyclic) bond motifs is 2. The van der Waals surface area contributed by atoms with Crippen LogP contribution in [0.1, 0.15) is 60.4 Å². The molecule has 2 atom stereocenters. The van der Waals surface area contributed by atoms with Gasteiger partial charge in [0.05, 0.1) is 69.9 Å². The molecule has 4 aromatic rings. The third-order valence-corrected chi connectivity index (χ3v) is 12.6. The highest BCUT2D eigenvalue weighted by Gasteiger charge is 2.54. The molecule has 73 heavy (non-hydrogen) atoms. The van der Waals surface area contributed by atoms with E-state index in [1.807, 2.05) is 0 Å². The van der Waals surface area contributed by atoms with Crippen LogP contribution in [-0.4, -0.2) is 134 Å². The summed E-state index contributed by atoms with van der Waals surface area (Å²) in [6, 6.07) is 13.1. The summed E-state index contributed by atoms with van der Waals surface area (Å²) in [4.78, 5) is 60.8. The average molecular weight is 1040 g/mol. The predicted molar refractivity (Wildman–Crippen MR) is 262 cm³/mol. The zero-order valence-electron chi connectivity index (χ0n) is 41.0. The fraction of sp³-hybridized carbons (Fsp3) is 0.362. The fourth-order valence-corrected chi connectivity index (χ4v) is 9.05. The number of non-ortho nitro benzene ring substituents is 1. The van der Waals surface area contributed by atoms with Crippen molar-refractivity contribution in [2.75, 3.05) is 60.8 Å². The summed E-state index contributed by atoms with van der Waals surface area (Å²) in [7, 11) is 4.03. The molecule has 2 unspecified atom stereocenters. The highest BCUT2D eigenvalue weighted by molar-refractivity contribution is 7.85. The molecule has 0 radical (unpaired) electrons. The van der Waals surface area contributed by atoms with Crippen molar-refractivity contribution >= 4 is 58.2 Å². The maximum atomic E-state index is 17.2. The summed E-state index contributed by atoms with van der Waals surface area (Å²) < 4.78 is 97.4. The second kappa shape index (κ2) is 22.4. The first-order valence-corrected chi connectivity index (χ1v) is 24.3. The normalized spacial score (nSPS) is 14.7. The highest BCUT2D eigenvalue weighted by Crippen LogP contribution is 2.41. The molecule has 2 amide bonds. The molecule has 0 bridgehead atoms. The van der Waals surface area contributed by atoms with Gasteiger partial charge in [0.1, 0.15) is 36.0 Å². The number of methoxy groups -OCH3 is 2. The minimum Gasteiger partial charge on any atom is -0.497 e. The summed E-state index contributed by atoms with van der Waals surface area (Å²) in [6.45, 7) is -1.51. The van der Waals surface area contributed by atoms with Crippen LogP contribution in [0.4, 0.5) is 24.8 Å². The summed E-state index contributed by atoms with van der Waals surface area (Å²) in [5.41, 5.74) is 1.90. The van der Waals surface area contributed by atoms with E-state index in [1.165, 1.54) is 27.2 Å². The van der Waals surface area contributed by atoms with Gasteiger partial charge in [-0.05, 0) is 86.5 Å². The van der Waals surface area contributed by atoms with Gasteiger partial charge >= 0.3 is 13.1 Å². The van der Waals surface area contributed by atoms with E-state index in [4.69, 9.17) is 23.7 Å². The third kappa shape index (κ3) is 13.4. The van der Waals surface area contributed by atoms with Crippen LogP contribution in [-0.2, 0) is 30.9 Å². The molecule has 390 valence electrons. The Morgan fingerprint density at radius 2 is 1.59 bits per heavy atom. The van der Waals surface area contributed by atoms with E-state index in [2.05, 4.69) is 31.8 Å². The van der Waals surface area contributed by atoms with Gasteiger partial charge in [-0.3, -0.25) is 34.4 Å². The third-order valence-electron chi connectivity index (χ3n) is 11.8. The number of quaternary nitrogens is 1. The topological polar surface area (TPSA) is 270 Å². The smallest absolute Gasteiger partial charge is 0.497 e. The van der Waals surface area contributed by atoms with E-state index in [9.17, 15) is 47.6 Å². The molecular formula is C47H55BF2N7O15S+. The molecular weight excluding hydrogens is 983 g/mol. The molecule has 0 fully saturated rings. The van der Waals surface area contributed by atoms with Gasteiger partial charge < -0.3 is 56.4 Å². The number of carbonyl (C=O) groups is 3. The lowest BCUT2D eigenvalue weighted by Crippen LogP contribution is -2.52. The summed E-state index contributed by atoms with van der Waals surface area (Å²) in [6.07, 6.45) is 1.51. The summed E-state index contributed by atoms with van der Waals surface area (Å²) in [5, 5.41) is 27.7. The van der Waals surface area contributed by atoms with Crippen LogP contribution < -0.4 is 29.6 Å².